The van der Waals surface area contributed by atoms with Gasteiger partial charge in [-0.15, -0.1) is 0 Å². The molecule has 0 bridgehead atoms. The number of para-hydroxylation sites is 1. The topological polar surface area (TPSA) is 72.9 Å². The number of aryl methyl sites for hydroxylation is 1. The van der Waals surface area contributed by atoms with Crippen molar-refractivity contribution >= 4 is 45.4 Å². The summed E-state index contributed by atoms with van der Waals surface area (Å²) in [7, 11) is 0. The first-order chi connectivity index (χ1) is 17.6. The lowest BCUT2D eigenvalue weighted by Gasteiger charge is -2.29. The third kappa shape index (κ3) is 4.17. The van der Waals surface area contributed by atoms with Crippen LogP contribution in [0.2, 0.25) is 5.02 Å². The monoisotopic (exact) mass is 498 g/mol. The summed E-state index contributed by atoms with van der Waals surface area (Å²) >= 11 is 6.16. The van der Waals surface area contributed by atoms with Gasteiger partial charge in [-0.25, -0.2) is 4.98 Å². The first-order valence-corrected chi connectivity index (χ1v) is 12.1. The molecule has 3 aromatic carbocycles. The van der Waals surface area contributed by atoms with E-state index in [1.807, 2.05) is 43.3 Å². The van der Waals surface area contributed by atoms with E-state index in [0.29, 0.717) is 33.1 Å². The van der Waals surface area contributed by atoms with Crippen LogP contribution in [0.1, 0.15) is 11.1 Å². The van der Waals surface area contributed by atoms with Crippen LogP contribution in [-0.2, 0) is 4.74 Å². The van der Waals surface area contributed by atoms with Crippen LogP contribution < -0.4 is 10.5 Å². The molecule has 0 amide bonds. The predicted octanol–water partition coefficient (Wildman–Crippen LogP) is 5.49. The fourth-order valence-electron chi connectivity index (χ4n) is 4.46. The number of furan rings is 1. The maximum Gasteiger partial charge on any atom is 0.282 e. The number of ether oxygens (including phenoxy) is 1. The van der Waals surface area contributed by atoms with Crippen molar-refractivity contribution in [1.29, 1.82) is 0 Å². The van der Waals surface area contributed by atoms with Crippen molar-refractivity contribution in [1.82, 2.24) is 9.66 Å². The first-order valence-electron chi connectivity index (χ1n) is 11.8. The Morgan fingerprint density at radius 3 is 2.69 bits per heavy atom. The summed E-state index contributed by atoms with van der Waals surface area (Å²) in [6.45, 7) is 5.25. The third-order valence-electron chi connectivity index (χ3n) is 6.39. The van der Waals surface area contributed by atoms with Crippen LogP contribution in [0, 0.1) is 6.92 Å². The van der Waals surface area contributed by atoms with Gasteiger partial charge in [-0.3, -0.25) is 4.79 Å². The number of nitrogens with zero attached hydrogens (tertiary/aromatic N) is 4. The Balaban J connectivity index is 1.44. The molecule has 0 spiro atoms. The number of fused-ring (bicyclic) bond motifs is 2. The van der Waals surface area contributed by atoms with Crippen molar-refractivity contribution in [3.05, 3.63) is 93.2 Å². The summed E-state index contributed by atoms with van der Waals surface area (Å²) < 4.78 is 12.8. The highest BCUT2D eigenvalue weighted by atomic mass is 35.5. The smallest absolute Gasteiger partial charge is 0.282 e. The summed E-state index contributed by atoms with van der Waals surface area (Å²) in [5.74, 6) is 0.761. The minimum atomic E-state index is -0.270. The van der Waals surface area contributed by atoms with Gasteiger partial charge in [0.25, 0.3) is 5.56 Å². The van der Waals surface area contributed by atoms with Gasteiger partial charge in [0.15, 0.2) is 5.76 Å². The molecule has 1 fully saturated rings. The van der Waals surface area contributed by atoms with Crippen molar-refractivity contribution < 1.29 is 9.15 Å². The van der Waals surface area contributed by atoms with Gasteiger partial charge in [0.1, 0.15) is 5.58 Å². The molecule has 5 aromatic rings. The molecule has 6 rings (SSSR count). The number of anilines is 1. The second-order valence-corrected chi connectivity index (χ2v) is 9.18. The SMILES string of the molecule is Cc1cc(N2CCOCC2)ccc1C=Nn1c(-c2cc3cc(Cl)ccc3o2)nc2ccccc2c1=O. The van der Waals surface area contributed by atoms with E-state index in [1.165, 1.54) is 4.68 Å². The quantitative estimate of drug-likeness (QED) is 0.306. The van der Waals surface area contributed by atoms with Gasteiger partial charge in [-0.2, -0.15) is 9.78 Å². The van der Waals surface area contributed by atoms with E-state index in [2.05, 4.69) is 22.1 Å². The number of rotatable bonds is 4. The molecule has 3 heterocycles. The van der Waals surface area contributed by atoms with Gasteiger partial charge >= 0.3 is 0 Å². The number of morpholine rings is 1. The molecule has 2 aromatic heterocycles. The Morgan fingerprint density at radius 2 is 1.86 bits per heavy atom. The van der Waals surface area contributed by atoms with Crippen LogP contribution in [0.25, 0.3) is 33.5 Å². The molecule has 0 radical (unpaired) electrons. The van der Waals surface area contributed by atoms with Crippen LogP contribution in [0.4, 0.5) is 5.69 Å². The summed E-state index contributed by atoms with van der Waals surface area (Å²) in [5, 5.41) is 6.50. The molecular weight excluding hydrogens is 476 g/mol. The molecule has 0 aliphatic carbocycles. The molecule has 36 heavy (non-hydrogen) atoms. The fraction of sp³-hybridized carbons (Fsp3) is 0.179. The number of aromatic nitrogens is 2. The second-order valence-electron chi connectivity index (χ2n) is 8.75. The van der Waals surface area contributed by atoms with E-state index in [0.717, 1.165) is 48.5 Å². The van der Waals surface area contributed by atoms with Gasteiger partial charge in [0.05, 0.1) is 30.3 Å². The van der Waals surface area contributed by atoms with Crippen molar-refractivity contribution in [2.75, 3.05) is 31.2 Å². The zero-order valence-corrected chi connectivity index (χ0v) is 20.4. The molecule has 1 aliphatic rings. The molecule has 7 nitrogen and oxygen atoms in total. The Morgan fingerprint density at radius 1 is 1.03 bits per heavy atom. The van der Waals surface area contributed by atoms with Gasteiger partial charge < -0.3 is 14.1 Å². The summed E-state index contributed by atoms with van der Waals surface area (Å²) in [4.78, 5) is 20.5. The number of benzene rings is 3. The molecule has 180 valence electrons. The summed E-state index contributed by atoms with van der Waals surface area (Å²) in [6.07, 6.45) is 1.69. The molecule has 0 unspecified atom stereocenters. The van der Waals surface area contributed by atoms with Crippen LogP contribution in [0.3, 0.4) is 0 Å². The van der Waals surface area contributed by atoms with Gasteiger partial charge in [-0.1, -0.05) is 29.8 Å². The molecule has 1 aliphatic heterocycles. The van der Waals surface area contributed by atoms with Gasteiger partial charge in [0, 0.05) is 29.2 Å². The van der Waals surface area contributed by atoms with E-state index in [1.54, 1.807) is 24.4 Å². The van der Waals surface area contributed by atoms with Crippen LogP contribution in [-0.4, -0.2) is 42.2 Å². The Hall–Kier alpha value is -3.94. The Kier molecular flexibility index (Phi) is 5.79. The van der Waals surface area contributed by atoms with Gasteiger partial charge in [-0.05, 0) is 66.6 Å². The molecule has 0 N–H and O–H groups in total. The summed E-state index contributed by atoms with van der Waals surface area (Å²) in [5.41, 5.74) is 4.08. The minimum absolute atomic E-state index is 0.270. The maximum absolute atomic E-state index is 13.5. The lowest BCUT2D eigenvalue weighted by molar-refractivity contribution is 0.122. The Bertz CT molecular complexity index is 1680. The standard InChI is InChI=1S/C28H23ClN4O3/c1-18-14-22(32-10-12-35-13-11-32)8-6-19(18)17-30-33-27(31-24-5-3-2-4-23(24)28(33)34)26-16-20-15-21(29)7-9-25(20)36-26/h2-9,14-17H,10-13H2,1H3. The predicted molar refractivity (Wildman–Crippen MR) is 143 cm³/mol. The lowest BCUT2D eigenvalue weighted by atomic mass is 10.1. The highest BCUT2D eigenvalue weighted by Gasteiger charge is 2.17. The van der Waals surface area contributed by atoms with E-state index in [4.69, 9.17) is 25.7 Å². The number of hydrogen-bond acceptors (Lipinski definition) is 6. The van der Waals surface area contributed by atoms with Crippen LogP contribution >= 0.6 is 11.6 Å². The largest absolute Gasteiger partial charge is 0.453 e. The lowest BCUT2D eigenvalue weighted by Crippen LogP contribution is -2.36. The van der Waals surface area contributed by atoms with Crippen molar-refractivity contribution in [3.63, 3.8) is 0 Å². The summed E-state index contributed by atoms with van der Waals surface area (Å²) in [6, 6.07) is 20.7. The molecular formula is C28H23ClN4O3. The average Bonchev–Trinajstić information content (AvgIpc) is 3.32. The highest BCUT2D eigenvalue weighted by molar-refractivity contribution is 6.31. The van der Waals surface area contributed by atoms with E-state index >= 15 is 0 Å². The number of hydrogen-bond donors (Lipinski definition) is 0. The van der Waals surface area contributed by atoms with Gasteiger partial charge in [0.2, 0.25) is 5.82 Å². The maximum atomic E-state index is 13.5. The van der Waals surface area contributed by atoms with Crippen LogP contribution in [0.5, 0.6) is 0 Å². The normalized spacial score (nSPS) is 14.3. The average molecular weight is 499 g/mol. The fourth-order valence-corrected chi connectivity index (χ4v) is 4.64. The second kappa shape index (κ2) is 9.26. The molecule has 8 heteroatoms. The molecule has 0 saturated carbocycles. The zero-order valence-electron chi connectivity index (χ0n) is 19.6. The highest BCUT2D eigenvalue weighted by Crippen LogP contribution is 2.29. The van der Waals surface area contributed by atoms with Crippen molar-refractivity contribution in [2.24, 2.45) is 5.10 Å². The first kappa shape index (κ1) is 22.5. The third-order valence-corrected chi connectivity index (χ3v) is 6.63. The van der Waals surface area contributed by atoms with E-state index in [9.17, 15) is 4.79 Å². The van der Waals surface area contributed by atoms with Crippen LogP contribution in [0.15, 0.2) is 81.0 Å². The van der Waals surface area contributed by atoms with E-state index < -0.39 is 0 Å². The number of halogens is 1. The minimum Gasteiger partial charge on any atom is -0.453 e. The van der Waals surface area contributed by atoms with Crippen molar-refractivity contribution in [3.8, 4) is 11.6 Å². The molecule has 0 atom stereocenters. The zero-order chi connectivity index (χ0) is 24.6. The Labute approximate surface area is 212 Å². The van der Waals surface area contributed by atoms with Crippen molar-refractivity contribution in [2.45, 2.75) is 6.92 Å². The van der Waals surface area contributed by atoms with E-state index in [-0.39, 0.29) is 5.56 Å². The molecule has 1 saturated heterocycles.